The fraction of sp³-hybridized carbons (Fsp3) is 0.400. The number of hydrazine groups is 2. The molecule has 7 nitrogen and oxygen atoms in total. The highest BCUT2D eigenvalue weighted by molar-refractivity contribution is 7.86. The summed E-state index contributed by atoms with van der Waals surface area (Å²) in [7, 11) is -4.22. The Labute approximate surface area is 96.5 Å². The summed E-state index contributed by atoms with van der Waals surface area (Å²) < 4.78 is 30.9. The molecule has 0 aromatic carbocycles. The van der Waals surface area contributed by atoms with Gasteiger partial charge in [-0.1, -0.05) is 11.6 Å². The number of nitrogens with one attached hydrogen (secondary N) is 2. The Balaban J connectivity index is 2.89. The molecule has 86 valence electrons. The maximum atomic E-state index is 10.7. The minimum Gasteiger partial charge on any atom is -0.284 e. The zero-order chi connectivity index (χ0) is 11.6. The lowest BCUT2D eigenvalue weighted by atomic mass is 10.5. The predicted octanol–water partition coefficient (Wildman–Crippen LogP) is 0.178. The first-order chi connectivity index (χ1) is 6.79. The molecule has 10 heteroatoms. The summed E-state index contributed by atoms with van der Waals surface area (Å²) >= 11 is 11.1. The van der Waals surface area contributed by atoms with E-state index in [-0.39, 0.29) is 11.0 Å². The third-order valence-electron chi connectivity index (χ3n) is 1.43. The van der Waals surface area contributed by atoms with E-state index in [0.29, 0.717) is 0 Å². The van der Waals surface area contributed by atoms with E-state index in [1.165, 1.54) is 13.0 Å². The van der Waals surface area contributed by atoms with Crippen LogP contribution in [0.2, 0.25) is 0 Å². The van der Waals surface area contributed by atoms with Crippen LogP contribution in [-0.2, 0) is 10.1 Å². The number of hydrogen-bond donors (Lipinski definition) is 3. The Morgan fingerprint density at radius 1 is 1.60 bits per heavy atom. The van der Waals surface area contributed by atoms with Gasteiger partial charge in [-0.2, -0.15) is 8.42 Å². The fourth-order valence-corrected chi connectivity index (χ4v) is 1.39. The van der Waals surface area contributed by atoms with Gasteiger partial charge in [0.15, 0.2) is 5.37 Å². The highest BCUT2D eigenvalue weighted by atomic mass is 35.5. The predicted molar refractivity (Wildman–Crippen MR) is 56.3 cm³/mol. The summed E-state index contributed by atoms with van der Waals surface area (Å²) in [6, 6.07) is 0. The number of amidine groups is 1. The van der Waals surface area contributed by atoms with Crippen LogP contribution in [-0.4, -0.2) is 28.8 Å². The third kappa shape index (κ3) is 3.84. The molecule has 0 saturated heterocycles. The SMILES string of the molecule is CC(/N=C1\C=C(Cl)NN(Cl)N1)S(=O)(=O)O. The average Bonchev–Trinajstić information content (AvgIpc) is 1.99. The highest BCUT2D eigenvalue weighted by Crippen LogP contribution is 2.07. The molecule has 0 radical (unpaired) electrons. The van der Waals surface area contributed by atoms with Crippen molar-refractivity contribution < 1.29 is 13.0 Å². The summed E-state index contributed by atoms with van der Waals surface area (Å²) in [6.07, 6.45) is 1.32. The number of hydrogen-bond acceptors (Lipinski definition) is 5. The van der Waals surface area contributed by atoms with Crippen molar-refractivity contribution in [3.63, 3.8) is 0 Å². The standard InChI is InChI=1S/C5H8Cl2N4O3S/c1-3(15(12,13)14)8-5-2-4(6)9-11(7)10-5/h2-3,9H,1H3,(H,8,10)(H,12,13,14). The van der Waals surface area contributed by atoms with E-state index >= 15 is 0 Å². The first-order valence-electron chi connectivity index (χ1n) is 3.69. The van der Waals surface area contributed by atoms with Crippen molar-refractivity contribution in [1.82, 2.24) is 15.5 Å². The van der Waals surface area contributed by atoms with E-state index in [0.717, 1.165) is 4.64 Å². The van der Waals surface area contributed by atoms with Crippen molar-refractivity contribution in [1.29, 1.82) is 0 Å². The van der Waals surface area contributed by atoms with E-state index in [2.05, 4.69) is 15.8 Å². The number of rotatable bonds is 2. The van der Waals surface area contributed by atoms with Crippen molar-refractivity contribution in [2.24, 2.45) is 4.99 Å². The molecule has 0 aliphatic carbocycles. The first kappa shape index (κ1) is 12.5. The number of aliphatic imine (C=N–C) groups is 1. The topological polar surface area (TPSA) is 94.0 Å². The number of nitrogens with zero attached hydrogens (tertiary/aromatic N) is 2. The van der Waals surface area contributed by atoms with Crippen LogP contribution in [0.3, 0.4) is 0 Å². The van der Waals surface area contributed by atoms with Crippen molar-refractivity contribution >= 4 is 39.3 Å². The van der Waals surface area contributed by atoms with Gasteiger partial charge < -0.3 is 0 Å². The number of halogens is 2. The molecule has 3 N–H and O–H groups in total. The lowest BCUT2D eigenvalue weighted by Crippen LogP contribution is -2.47. The van der Waals surface area contributed by atoms with Crippen molar-refractivity contribution in [3.05, 3.63) is 11.2 Å². The first-order valence-corrected chi connectivity index (χ1v) is 5.91. The van der Waals surface area contributed by atoms with Crippen molar-refractivity contribution in [2.75, 3.05) is 0 Å². The largest absolute Gasteiger partial charge is 0.288 e. The van der Waals surface area contributed by atoms with Gasteiger partial charge in [0.05, 0.1) is 0 Å². The molecule has 1 heterocycles. The van der Waals surface area contributed by atoms with Gasteiger partial charge in [-0.25, -0.2) is 4.99 Å². The molecule has 1 atom stereocenters. The maximum absolute atomic E-state index is 10.7. The van der Waals surface area contributed by atoms with E-state index in [4.69, 9.17) is 27.9 Å². The molecule has 0 fully saturated rings. The van der Waals surface area contributed by atoms with Gasteiger partial charge in [0.25, 0.3) is 10.1 Å². The molecule has 0 bridgehead atoms. The molecular weight excluding hydrogens is 267 g/mol. The molecule has 0 aromatic heterocycles. The zero-order valence-corrected chi connectivity index (χ0v) is 9.81. The van der Waals surface area contributed by atoms with Gasteiger partial charge in [-0.15, -0.1) is 0 Å². The normalized spacial score (nSPS) is 22.9. The van der Waals surface area contributed by atoms with Crippen LogP contribution in [0.1, 0.15) is 6.92 Å². The lowest BCUT2D eigenvalue weighted by Gasteiger charge is -2.22. The molecular formula is C5H8Cl2N4O3S. The summed E-state index contributed by atoms with van der Waals surface area (Å²) in [4.78, 5) is 3.65. The molecule has 0 aromatic rings. The van der Waals surface area contributed by atoms with Crippen LogP contribution in [0.15, 0.2) is 16.2 Å². The minimum absolute atomic E-state index is 0.110. The Hall–Kier alpha value is -0.540. The van der Waals surface area contributed by atoms with E-state index in [1.54, 1.807) is 0 Å². The summed E-state index contributed by atoms with van der Waals surface area (Å²) in [5, 5.41) is -1.14. The monoisotopic (exact) mass is 274 g/mol. The van der Waals surface area contributed by atoms with Crippen LogP contribution in [0.5, 0.6) is 0 Å². The molecule has 0 amide bonds. The quantitative estimate of drug-likeness (QED) is 0.378. The van der Waals surface area contributed by atoms with E-state index in [9.17, 15) is 8.42 Å². The summed E-state index contributed by atoms with van der Waals surface area (Å²) in [5.74, 6) is 0.110. The van der Waals surface area contributed by atoms with Gasteiger partial charge in [0.2, 0.25) is 0 Å². The third-order valence-corrected chi connectivity index (χ3v) is 2.76. The lowest BCUT2D eigenvalue weighted by molar-refractivity contribution is 0.337. The van der Waals surface area contributed by atoms with Crippen molar-refractivity contribution in [3.8, 4) is 0 Å². The average molecular weight is 275 g/mol. The van der Waals surface area contributed by atoms with Crippen molar-refractivity contribution in [2.45, 2.75) is 12.3 Å². The van der Waals surface area contributed by atoms with Crippen LogP contribution >= 0.6 is 23.4 Å². The second-order valence-corrected chi connectivity index (χ2v) is 5.08. The molecule has 1 unspecified atom stereocenters. The van der Waals surface area contributed by atoms with Crippen LogP contribution in [0.4, 0.5) is 0 Å². The molecule has 0 spiro atoms. The summed E-state index contributed by atoms with van der Waals surface area (Å²) in [5.41, 5.74) is 4.89. The van der Waals surface area contributed by atoms with Crippen LogP contribution in [0.25, 0.3) is 0 Å². The molecule has 1 aliphatic rings. The second kappa shape index (κ2) is 4.54. The van der Waals surface area contributed by atoms with Gasteiger partial charge in [0, 0.05) is 17.9 Å². The summed E-state index contributed by atoms with van der Waals surface area (Å²) in [6.45, 7) is 1.21. The van der Waals surface area contributed by atoms with E-state index < -0.39 is 15.5 Å². The molecule has 0 saturated carbocycles. The van der Waals surface area contributed by atoms with Gasteiger partial charge in [-0.05, 0) is 11.6 Å². The van der Waals surface area contributed by atoms with Gasteiger partial charge >= 0.3 is 0 Å². The Morgan fingerprint density at radius 2 is 2.20 bits per heavy atom. The molecule has 1 aliphatic heterocycles. The maximum Gasteiger partial charge on any atom is 0.288 e. The van der Waals surface area contributed by atoms with Gasteiger partial charge in [-0.3, -0.25) is 15.4 Å². The Morgan fingerprint density at radius 3 is 2.67 bits per heavy atom. The van der Waals surface area contributed by atoms with Crippen LogP contribution < -0.4 is 10.9 Å². The van der Waals surface area contributed by atoms with E-state index in [1.807, 2.05) is 0 Å². The van der Waals surface area contributed by atoms with Crippen LogP contribution in [0, 0.1) is 0 Å². The van der Waals surface area contributed by atoms with Gasteiger partial charge in [0.1, 0.15) is 11.0 Å². The Bertz CT molecular complexity index is 407. The molecule has 15 heavy (non-hydrogen) atoms. The zero-order valence-electron chi connectivity index (χ0n) is 7.48. The second-order valence-electron chi connectivity index (χ2n) is 2.63. The highest BCUT2D eigenvalue weighted by Gasteiger charge is 2.18. The Kier molecular flexibility index (Phi) is 3.79. The smallest absolute Gasteiger partial charge is 0.284 e. The minimum atomic E-state index is -4.22. The fourth-order valence-electron chi connectivity index (χ4n) is 0.735. The molecule has 1 rings (SSSR count).